The van der Waals surface area contributed by atoms with Gasteiger partial charge in [0.2, 0.25) is 11.8 Å². The Kier molecular flexibility index (Phi) is 9.05. The minimum atomic E-state index is -0.872. The van der Waals surface area contributed by atoms with Gasteiger partial charge in [0.05, 0.1) is 23.5 Å². The van der Waals surface area contributed by atoms with Crippen LogP contribution in [0.2, 0.25) is 5.02 Å². The van der Waals surface area contributed by atoms with Crippen molar-refractivity contribution in [3.63, 3.8) is 0 Å². The molecule has 4 atom stereocenters. The maximum absolute atomic E-state index is 14.2. The third-order valence-corrected chi connectivity index (χ3v) is 10.4. The van der Waals surface area contributed by atoms with Crippen LogP contribution in [-0.4, -0.2) is 75.0 Å². The lowest BCUT2D eigenvalue weighted by Gasteiger charge is -2.46. The molecule has 40 heavy (non-hydrogen) atoms. The third-order valence-electron chi connectivity index (χ3n) is 10.2. The number of aliphatic hydroxyl groups is 1. The average Bonchev–Trinajstić information content (AvgIpc) is 3.53. The zero-order chi connectivity index (χ0) is 29.6. The van der Waals surface area contributed by atoms with Crippen molar-refractivity contribution in [3.8, 4) is 0 Å². The minimum Gasteiger partial charge on any atom is -0.392 e. The van der Waals surface area contributed by atoms with Gasteiger partial charge in [-0.25, -0.2) is 0 Å². The Morgan fingerprint density at radius 3 is 2.12 bits per heavy atom. The van der Waals surface area contributed by atoms with Gasteiger partial charge in [0.25, 0.3) is 0 Å². The molecular formula is C33H52ClN3O3. The fourth-order valence-electron chi connectivity index (χ4n) is 7.08. The number of amides is 2. The van der Waals surface area contributed by atoms with E-state index >= 15 is 0 Å². The standard InChI is InChI=1S/C33H52ClN3O3/c1-22(38)33(7,8)30(40)37(25-13-17-32(5,6)18-14-25)26-15-19-35(21-26)29(39)27-16-20-36(31(2,3)4)28(27)23-9-11-24(34)12-10-23/h9-12,22,25-28,38H,13-21H2,1-8H3/t22?,26-,27-,28?/m0/s1. The van der Waals surface area contributed by atoms with Gasteiger partial charge in [0, 0.05) is 42.3 Å². The van der Waals surface area contributed by atoms with E-state index in [1.165, 1.54) is 0 Å². The molecule has 4 rings (SSSR count). The molecule has 3 fully saturated rings. The molecule has 2 saturated heterocycles. The predicted molar refractivity (Wildman–Crippen MR) is 162 cm³/mol. The summed E-state index contributed by atoms with van der Waals surface area (Å²) in [5.74, 6) is 0.0826. The van der Waals surface area contributed by atoms with Crippen LogP contribution in [0.3, 0.4) is 0 Å². The number of halogens is 1. The Morgan fingerprint density at radius 1 is 0.975 bits per heavy atom. The number of carbonyl (C=O) groups excluding carboxylic acids is 2. The number of aliphatic hydroxyl groups excluding tert-OH is 1. The molecule has 0 aromatic heterocycles. The van der Waals surface area contributed by atoms with Crippen molar-refractivity contribution in [2.75, 3.05) is 19.6 Å². The average molecular weight is 574 g/mol. The summed E-state index contributed by atoms with van der Waals surface area (Å²) >= 11 is 6.21. The Morgan fingerprint density at radius 2 is 1.57 bits per heavy atom. The van der Waals surface area contributed by atoms with Crippen molar-refractivity contribution in [3.05, 3.63) is 34.9 Å². The molecule has 2 amide bonds. The van der Waals surface area contributed by atoms with E-state index in [2.05, 4.69) is 56.6 Å². The van der Waals surface area contributed by atoms with E-state index < -0.39 is 11.5 Å². The molecule has 1 N–H and O–H groups in total. The molecule has 2 aliphatic heterocycles. The number of nitrogens with zero attached hydrogens (tertiary/aromatic N) is 3. The van der Waals surface area contributed by atoms with E-state index in [9.17, 15) is 14.7 Å². The molecule has 0 spiro atoms. The molecule has 0 radical (unpaired) electrons. The van der Waals surface area contributed by atoms with Crippen LogP contribution in [0.1, 0.15) is 106 Å². The van der Waals surface area contributed by atoms with Gasteiger partial charge in [-0.1, -0.05) is 37.6 Å². The fraction of sp³-hybridized carbons (Fsp3) is 0.758. The zero-order valence-corrected chi connectivity index (χ0v) is 26.8. The van der Waals surface area contributed by atoms with Crippen molar-refractivity contribution in [1.29, 1.82) is 0 Å². The molecule has 3 aliphatic rings. The van der Waals surface area contributed by atoms with E-state index in [4.69, 9.17) is 11.6 Å². The first kappa shape index (κ1) is 31.3. The molecule has 2 unspecified atom stereocenters. The van der Waals surface area contributed by atoms with Crippen molar-refractivity contribution >= 4 is 23.4 Å². The second-order valence-corrected chi connectivity index (χ2v) is 15.4. The van der Waals surface area contributed by atoms with E-state index in [1.54, 1.807) is 6.92 Å². The predicted octanol–water partition coefficient (Wildman–Crippen LogP) is 6.31. The van der Waals surface area contributed by atoms with Gasteiger partial charge in [-0.2, -0.15) is 0 Å². The second-order valence-electron chi connectivity index (χ2n) is 15.0. The van der Waals surface area contributed by atoms with Crippen LogP contribution >= 0.6 is 11.6 Å². The summed E-state index contributed by atoms with van der Waals surface area (Å²) in [4.78, 5) is 34.8. The SMILES string of the molecule is CC(O)C(C)(C)C(=O)N(C1CCC(C)(C)CC1)[C@H]1CCN(C(=O)[C@H]2CCN(C(C)(C)C)C2c2ccc(Cl)cc2)C1. The van der Waals surface area contributed by atoms with Crippen molar-refractivity contribution in [2.24, 2.45) is 16.7 Å². The lowest BCUT2D eigenvalue weighted by atomic mass is 9.74. The summed E-state index contributed by atoms with van der Waals surface area (Å²) in [6.07, 6.45) is 4.97. The Balaban J connectivity index is 1.57. The Labute approximate surface area is 247 Å². The molecule has 0 bridgehead atoms. The maximum atomic E-state index is 14.2. The maximum Gasteiger partial charge on any atom is 0.231 e. The van der Waals surface area contributed by atoms with Crippen LogP contribution in [0.4, 0.5) is 0 Å². The largest absolute Gasteiger partial charge is 0.392 e. The van der Waals surface area contributed by atoms with Crippen molar-refractivity contribution < 1.29 is 14.7 Å². The monoisotopic (exact) mass is 573 g/mol. The number of carbonyl (C=O) groups is 2. The molecule has 1 aromatic rings. The first-order chi connectivity index (χ1) is 18.5. The summed E-state index contributed by atoms with van der Waals surface area (Å²) < 4.78 is 0. The van der Waals surface area contributed by atoms with E-state index in [0.29, 0.717) is 23.5 Å². The van der Waals surface area contributed by atoms with E-state index in [1.807, 2.05) is 30.9 Å². The first-order valence-electron chi connectivity index (χ1n) is 15.3. The van der Waals surface area contributed by atoms with Crippen molar-refractivity contribution in [1.82, 2.24) is 14.7 Å². The number of benzene rings is 1. The summed E-state index contributed by atoms with van der Waals surface area (Å²) in [7, 11) is 0. The molecule has 1 saturated carbocycles. The summed E-state index contributed by atoms with van der Waals surface area (Å²) in [5.41, 5.74) is 0.479. The van der Waals surface area contributed by atoms with Crippen LogP contribution in [0.15, 0.2) is 24.3 Å². The summed E-state index contributed by atoms with van der Waals surface area (Å²) in [5, 5.41) is 11.2. The molecule has 224 valence electrons. The minimum absolute atomic E-state index is 0.00343. The topological polar surface area (TPSA) is 64.1 Å². The van der Waals surface area contributed by atoms with Crippen LogP contribution in [-0.2, 0) is 9.59 Å². The van der Waals surface area contributed by atoms with E-state index in [-0.39, 0.29) is 41.4 Å². The Bertz CT molecular complexity index is 1050. The summed E-state index contributed by atoms with van der Waals surface area (Å²) in [6.45, 7) is 18.8. The van der Waals surface area contributed by atoms with Gasteiger partial charge < -0.3 is 14.9 Å². The molecular weight excluding hydrogens is 522 g/mol. The highest BCUT2D eigenvalue weighted by Gasteiger charge is 2.48. The zero-order valence-electron chi connectivity index (χ0n) is 26.0. The number of likely N-dealkylation sites (tertiary alicyclic amines) is 2. The van der Waals surface area contributed by atoms with Gasteiger partial charge in [-0.15, -0.1) is 0 Å². The van der Waals surface area contributed by atoms with Gasteiger partial charge >= 0.3 is 0 Å². The highest BCUT2D eigenvalue weighted by molar-refractivity contribution is 6.30. The van der Waals surface area contributed by atoms with Gasteiger partial charge in [-0.3, -0.25) is 14.5 Å². The number of rotatable bonds is 6. The molecule has 7 heteroatoms. The van der Waals surface area contributed by atoms with Crippen molar-refractivity contribution in [2.45, 2.75) is 124 Å². The lowest BCUT2D eigenvalue weighted by molar-refractivity contribution is -0.153. The van der Waals surface area contributed by atoms with Crippen LogP contribution in [0.5, 0.6) is 0 Å². The number of hydrogen-bond acceptors (Lipinski definition) is 4. The third kappa shape index (κ3) is 6.39. The highest BCUT2D eigenvalue weighted by atomic mass is 35.5. The normalized spacial score (nSPS) is 27.1. The first-order valence-corrected chi connectivity index (χ1v) is 15.7. The highest BCUT2D eigenvalue weighted by Crippen LogP contribution is 2.44. The molecule has 2 heterocycles. The molecule has 6 nitrogen and oxygen atoms in total. The molecule has 1 aliphatic carbocycles. The van der Waals surface area contributed by atoms with E-state index in [0.717, 1.165) is 50.6 Å². The van der Waals surface area contributed by atoms with Crippen LogP contribution in [0.25, 0.3) is 0 Å². The van der Waals surface area contributed by atoms with Crippen LogP contribution < -0.4 is 0 Å². The Hall–Kier alpha value is -1.63. The van der Waals surface area contributed by atoms with Gasteiger partial charge in [0.15, 0.2) is 0 Å². The second kappa shape index (κ2) is 11.6. The van der Waals surface area contributed by atoms with Gasteiger partial charge in [0.1, 0.15) is 0 Å². The van der Waals surface area contributed by atoms with Gasteiger partial charge in [-0.05, 0) is 103 Å². The quantitative estimate of drug-likeness (QED) is 0.433. The summed E-state index contributed by atoms with van der Waals surface area (Å²) in [6, 6.07) is 8.10. The fourth-order valence-corrected chi connectivity index (χ4v) is 7.21. The smallest absolute Gasteiger partial charge is 0.231 e. The van der Waals surface area contributed by atoms with Crippen LogP contribution in [0, 0.1) is 16.7 Å². The number of hydrogen-bond donors (Lipinski definition) is 1. The lowest BCUT2D eigenvalue weighted by Crippen LogP contribution is -2.56. The molecule has 1 aromatic carbocycles.